The minimum atomic E-state index is -0.0711. The fourth-order valence-electron chi connectivity index (χ4n) is 3.63. The molecule has 0 saturated carbocycles. The summed E-state index contributed by atoms with van der Waals surface area (Å²) in [5.41, 5.74) is 1.24. The van der Waals surface area contributed by atoms with Gasteiger partial charge in [0.05, 0.1) is 14.2 Å². The summed E-state index contributed by atoms with van der Waals surface area (Å²) in [4.78, 5) is 29.4. The summed E-state index contributed by atoms with van der Waals surface area (Å²) in [6.07, 6.45) is 1.36. The topological polar surface area (TPSA) is 59.1 Å². The van der Waals surface area contributed by atoms with Crippen LogP contribution in [0.5, 0.6) is 11.5 Å². The van der Waals surface area contributed by atoms with Gasteiger partial charge in [-0.1, -0.05) is 36.4 Å². The molecule has 0 aliphatic carbocycles. The molecule has 1 saturated heterocycles. The molecule has 154 valence electrons. The van der Waals surface area contributed by atoms with Crippen LogP contribution in [0.3, 0.4) is 0 Å². The average Bonchev–Trinajstić information content (AvgIpc) is 2.79. The monoisotopic (exact) mass is 396 g/mol. The van der Waals surface area contributed by atoms with Crippen molar-refractivity contribution in [2.75, 3.05) is 46.9 Å². The van der Waals surface area contributed by atoms with Gasteiger partial charge in [-0.05, 0) is 25.1 Å². The summed E-state index contributed by atoms with van der Waals surface area (Å²) in [5.74, 6) is 1.16. The van der Waals surface area contributed by atoms with E-state index in [9.17, 15) is 9.59 Å². The first-order valence-electron chi connectivity index (χ1n) is 9.95. The molecule has 0 unspecified atom stereocenters. The highest BCUT2D eigenvalue weighted by Crippen LogP contribution is 2.29. The quantitative estimate of drug-likeness (QED) is 0.642. The van der Waals surface area contributed by atoms with Crippen LogP contribution in [-0.4, -0.2) is 68.4 Å². The molecule has 6 nitrogen and oxygen atoms in total. The van der Waals surface area contributed by atoms with Crippen LogP contribution in [0.2, 0.25) is 0 Å². The second-order valence-electron chi connectivity index (χ2n) is 7.06. The first-order chi connectivity index (χ1) is 14.1. The molecule has 29 heavy (non-hydrogen) atoms. The Morgan fingerprint density at radius 3 is 2.07 bits per heavy atom. The van der Waals surface area contributed by atoms with Gasteiger partial charge in [-0.2, -0.15) is 0 Å². The van der Waals surface area contributed by atoms with Crippen LogP contribution in [-0.2, 0) is 0 Å². The molecule has 1 aliphatic heterocycles. The van der Waals surface area contributed by atoms with Gasteiger partial charge in [-0.3, -0.25) is 14.5 Å². The number of amides is 1. The highest BCUT2D eigenvalue weighted by molar-refractivity contribution is 5.99. The van der Waals surface area contributed by atoms with E-state index in [1.165, 1.54) is 0 Å². The van der Waals surface area contributed by atoms with Crippen LogP contribution in [0.15, 0.2) is 48.5 Å². The van der Waals surface area contributed by atoms with E-state index in [4.69, 9.17) is 9.47 Å². The van der Waals surface area contributed by atoms with Crippen LogP contribution < -0.4 is 9.47 Å². The third-order valence-corrected chi connectivity index (χ3v) is 5.28. The highest BCUT2D eigenvalue weighted by Gasteiger charge is 2.27. The molecule has 6 heteroatoms. The number of piperazine rings is 1. The molecule has 0 bridgehead atoms. The Kier molecular flexibility index (Phi) is 7.25. The van der Waals surface area contributed by atoms with E-state index in [0.717, 1.165) is 31.6 Å². The van der Waals surface area contributed by atoms with E-state index in [2.05, 4.69) is 4.90 Å². The van der Waals surface area contributed by atoms with Crippen LogP contribution >= 0.6 is 0 Å². The van der Waals surface area contributed by atoms with Crippen molar-refractivity contribution < 1.29 is 19.1 Å². The number of rotatable bonds is 8. The summed E-state index contributed by atoms with van der Waals surface area (Å²) in [6.45, 7) is 3.74. The number of methoxy groups -OCH3 is 2. The van der Waals surface area contributed by atoms with Gasteiger partial charge in [0.1, 0.15) is 17.1 Å². The number of carbonyl (C=O) groups excluding carboxylic acids is 2. The second-order valence-corrected chi connectivity index (χ2v) is 7.06. The van der Waals surface area contributed by atoms with Gasteiger partial charge in [0, 0.05) is 38.2 Å². The van der Waals surface area contributed by atoms with Crippen LogP contribution in [0, 0.1) is 0 Å². The van der Waals surface area contributed by atoms with E-state index in [-0.39, 0.29) is 11.7 Å². The zero-order valence-corrected chi connectivity index (χ0v) is 17.1. The summed E-state index contributed by atoms with van der Waals surface area (Å²) in [6, 6.07) is 14.8. The number of benzene rings is 2. The molecule has 0 atom stereocenters. The van der Waals surface area contributed by atoms with Crippen molar-refractivity contribution in [2.45, 2.75) is 12.8 Å². The minimum Gasteiger partial charge on any atom is -0.496 e. The molecular formula is C23H28N2O4. The van der Waals surface area contributed by atoms with Crippen molar-refractivity contribution >= 4 is 11.7 Å². The van der Waals surface area contributed by atoms with Crippen molar-refractivity contribution in [1.29, 1.82) is 0 Å². The largest absolute Gasteiger partial charge is 0.496 e. The Balaban J connectivity index is 1.49. The van der Waals surface area contributed by atoms with E-state index in [1.54, 1.807) is 26.4 Å². The lowest BCUT2D eigenvalue weighted by atomic mass is 10.1. The molecule has 3 rings (SSSR count). The lowest BCUT2D eigenvalue weighted by molar-refractivity contribution is 0.0628. The van der Waals surface area contributed by atoms with Gasteiger partial charge in [-0.15, -0.1) is 0 Å². The Morgan fingerprint density at radius 1 is 0.862 bits per heavy atom. The average molecular weight is 396 g/mol. The molecule has 1 heterocycles. The Morgan fingerprint density at radius 2 is 1.48 bits per heavy atom. The van der Waals surface area contributed by atoms with Crippen molar-refractivity contribution in [2.24, 2.45) is 0 Å². The number of hydrogen-bond donors (Lipinski definition) is 0. The van der Waals surface area contributed by atoms with Crippen LogP contribution in [0.25, 0.3) is 0 Å². The summed E-state index contributed by atoms with van der Waals surface area (Å²) < 4.78 is 10.7. The Hall–Kier alpha value is -2.86. The predicted octanol–water partition coefficient (Wildman–Crippen LogP) is 3.12. The molecule has 0 N–H and O–H groups in total. The maximum atomic E-state index is 13.0. The summed E-state index contributed by atoms with van der Waals surface area (Å²) in [5, 5.41) is 0. The minimum absolute atomic E-state index is 0.0711. The molecule has 2 aromatic rings. The van der Waals surface area contributed by atoms with Gasteiger partial charge < -0.3 is 14.4 Å². The third kappa shape index (κ3) is 5.15. The molecule has 1 fully saturated rings. The maximum absolute atomic E-state index is 13.0. The Labute approximate surface area is 172 Å². The molecule has 0 aromatic heterocycles. The number of carbonyl (C=O) groups is 2. The molecular weight excluding hydrogens is 368 g/mol. The predicted molar refractivity (Wildman–Crippen MR) is 112 cm³/mol. The zero-order valence-electron chi connectivity index (χ0n) is 17.1. The molecule has 0 radical (unpaired) electrons. The second kappa shape index (κ2) is 10.1. The van der Waals surface area contributed by atoms with E-state index < -0.39 is 0 Å². The van der Waals surface area contributed by atoms with Gasteiger partial charge in [0.2, 0.25) is 0 Å². The molecule has 0 spiro atoms. The maximum Gasteiger partial charge on any atom is 0.261 e. The Bertz CT molecular complexity index is 808. The smallest absolute Gasteiger partial charge is 0.261 e. The summed E-state index contributed by atoms with van der Waals surface area (Å²) >= 11 is 0. The fourth-order valence-corrected chi connectivity index (χ4v) is 3.63. The van der Waals surface area contributed by atoms with Gasteiger partial charge in [0.25, 0.3) is 5.91 Å². The fraction of sp³-hybridized carbons (Fsp3) is 0.391. The zero-order chi connectivity index (χ0) is 20.6. The number of ketones is 1. The summed E-state index contributed by atoms with van der Waals surface area (Å²) in [7, 11) is 3.11. The van der Waals surface area contributed by atoms with Crippen LogP contribution in [0.4, 0.5) is 0 Å². The van der Waals surface area contributed by atoms with Crippen molar-refractivity contribution in [1.82, 2.24) is 9.80 Å². The highest BCUT2D eigenvalue weighted by atomic mass is 16.5. The number of ether oxygens (including phenoxy) is 2. The number of Topliss-reactive ketones (excluding diaryl/α,β-unsaturated/α-hetero) is 1. The van der Waals surface area contributed by atoms with E-state index in [0.29, 0.717) is 36.6 Å². The van der Waals surface area contributed by atoms with Crippen molar-refractivity contribution in [3.05, 3.63) is 59.7 Å². The van der Waals surface area contributed by atoms with Gasteiger partial charge in [-0.25, -0.2) is 0 Å². The normalized spacial score (nSPS) is 14.5. The molecule has 1 amide bonds. The lowest BCUT2D eigenvalue weighted by Gasteiger charge is -2.35. The van der Waals surface area contributed by atoms with Gasteiger partial charge in [0.15, 0.2) is 5.78 Å². The van der Waals surface area contributed by atoms with Crippen molar-refractivity contribution in [3.63, 3.8) is 0 Å². The lowest BCUT2D eigenvalue weighted by Crippen LogP contribution is -2.49. The van der Waals surface area contributed by atoms with Crippen molar-refractivity contribution in [3.8, 4) is 11.5 Å². The molecule has 2 aromatic carbocycles. The van der Waals surface area contributed by atoms with Crippen LogP contribution in [0.1, 0.15) is 33.6 Å². The molecule has 1 aliphatic rings. The van der Waals surface area contributed by atoms with E-state index in [1.807, 2.05) is 41.3 Å². The SMILES string of the molecule is COc1cccc(OC)c1C(=O)N1CCN(CCCC(=O)c2ccccc2)CC1. The van der Waals surface area contributed by atoms with E-state index >= 15 is 0 Å². The van der Waals surface area contributed by atoms with Gasteiger partial charge >= 0.3 is 0 Å². The number of nitrogens with zero attached hydrogens (tertiary/aromatic N) is 2. The first kappa shape index (κ1) is 20.9. The number of hydrogen-bond acceptors (Lipinski definition) is 5. The third-order valence-electron chi connectivity index (χ3n) is 5.28. The first-order valence-corrected chi connectivity index (χ1v) is 9.95. The standard InChI is InChI=1S/C23H28N2O4/c1-28-20-11-6-12-21(29-2)22(20)23(27)25-16-14-24(15-17-25)13-7-10-19(26)18-8-4-3-5-9-18/h3-6,8-9,11-12H,7,10,13-17H2,1-2H3.